The van der Waals surface area contributed by atoms with E-state index in [9.17, 15) is 22.0 Å². The number of rotatable bonds is 8. The van der Waals surface area contributed by atoms with Crippen molar-refractivity contribution in [3.63, 3.8) is 0 Å². The molecule has 3 N–H and O–H groups in total. The van der Waals surface area contributed by atoms with Crippen molar-refractivity contribution < 1.29 is 31.5 Å². The number of nitrogens with zero attached hydrogens (tertiary/aromatic N) is 2. The average Bonchev–Trinajstić information content (AvgIpc) is 3.50. The Hall–Kier alpha value is -3.38. The molecule has 1 aliphatic carbocycles. The van der Waals surface area contributed by atoms with Gasteiger partial charge in [-0.05, 0) is 67.5 Å². The first-order valence-electron chi connectivity index (χ1n) is 14.0. The van der Waals surface area contributed by atoms with Gasteiger partial charge in [-0.1, -0.05) is 0 Å². The van der Waals surface area contributed by atoms with Gasteiger partial charge < -0.3 is 24.6 Å². The zero-order chi connectivity index (χ0) is 28.8. The number of carbonyl (C=O) groups is 1. The Kier molecular flexibility index (Phi) is 7.09. The molecular weight excluding hydrogens is 554 g/mol. The molecule has 1 spiro atoms. The second-order valence-corrected chi connectivity index (χ2v) is 13.3. The number of alkyl halides is 2. The van der Waals surface area contributed by atoms with Crippen molar-refractivity contribution in [3.8, 4) is 0 Å². The lowest BCUT2D eigenvalue weighted by Gasteiger charge is -2.35. The molecule has 6 rings (SSSR count). The van der Waals surface area contributed by atoms with Gasteiger partial charge in [0.25, 0.3) is 11.8 Å². The van der Waals surface area contributed by atoms with E-state index in [-0.39, 0.29) is 31.8 Å². The van der Waals surface area contributed by atoms with E-state index in [0.29, 0.717) is 44.7 Å². The van der Waals surface area contributed by atoms with Gasteiger partial charge in [0.1, 0.15) is 0 Å². The van der Waals surface area contributed by atoms with Crippen LogP contribution >= 0.6 is 0 Å². The number of hydrogen-bond donors (Lipinski definition) is 3. The van der Waals surface area contributed by atoms with Crippen molar-refractivity contribution >= 4 is 49.6 Å². The third-order valence-electron chi connectivity index (χ3n) is 8.63. The maximum absolute atomic E-state index is 13.8. The van der Waals surface area contributed by atoms with Crippen LogP contribution in [0.5, 0.6) is 0 Å². The molecule has 2 aromatic carbocycles. The van der Waals surface area contributed by atoms with Crippen LogP contribution in [0, 0.1) is 5.41 Å². The number of amides is 1. The summed E-state index contributed by atoms with van der Waals surface area (Å²) in [6, 6.07) is 10.1. The largest absolute Gasteiger partial charge is 0.462 e. The van der Waals surface area contributed by atoms with E-state index in [1.54, 1.807) is 36.4 Å². The molecule has 1 saturated carbocycles. The van der Waals surface area contributed by atoms with Gasteiger partial charge in [-0.2, -0.15) is 0 Å². The first kappa shape index (κ1) is 27.8. The lowest BCUT2D eigenvalue weighted by atomic mass is 9.93. The Morgan fingerprint density at radius 2 is 1.61 bits per heavy atom. The van der Waals surface area contributed by atoms with Crippen molar-refractivity contribution in [3.05, 3.63) is 48.2 Å². The second-order valence-electron chi connectivity index (χ2n) is 11.5. The van der Waals surface area contributed by atoms with Crippen molar-refractivity contribution in [1.29, 1.82) is 0 Å². The van der Waals surface area contributed by atoms with Gasteiger partial charge in [0.15, 0.2) is 5.58 Å². The molecule has 1 aromatic heterocycles. The Bertz CT molecular complexity index is 1550. The van der Waals surface area contributed by atoms with Crippen molar-refractivity contribution in [2.75, 3.05) is 58.4 Å². The third kappa shape index (κ3) is 5.99. The summed E-state index contributed by atoms with van der Waals surface area (Å²) >= 11 is 0. The summed E-state index contributed by atoms with van der Waals surface area (Å²) < 4.78 is 60.4. The average molecular weight is 589 g/mol. The molecule has 9 nitrogen and oxygen atoms in total. The van der Waals surface area contributed by atoms with Crippen LogP contribution in [0.15, 0.2) is 47.1 Å². The smallest absolute Gasteiger partial charge is 0.255 e. The van der Waals surface area contributed by atoms with Crippen LogP contribution in [0.1, 0.15) is 48.9 Å². The lowest BCUT2D eigenvalue weighted by Crippen LogP contribution is -2.39. The second kappa shape index (κ2) is 10.5. The van der Waals surface area contributed by atoms with Crippen LogP contribution in [-0.4, -0.2) is 63.9 Å². The molecule has 3 fully saturated rings. The number of carbonyl (C=O) groups excluding carboxylic acids is 1. The molecule has 220 valence electrons. The number of benzene rings is 2. The fraction of sp³-hybridized carbons (Fsp3) is 0.483. The maximum atomic E-state index is 13.8. The van der Waals surface area contributed by atoms with E-state index in [2.05, 4.69) is 14.9 Å². The number of hydrogen-bond acceptors (Lipinski definition) is 7. The minimum absolute atomic E-state index is 0.155. The molecular formula is C29H34F2N4O5S. The number of furan rings is 1. The fourth-order valence-electron chi connectivity index (χ4n) is 5.91. The monoisotopic (exact) mass is 588 g/mol. The van der Waals surface area contributed by atoms with Crippen LogP contribution in [-0.2, 0) is 10.0 Å². The summed E-state index contributed by atoms with van der Waals surface area (Å²) in [7, 11) is -3.72. The Morgan fingerprint density at radius 3 is 2.29 bits per heavy atom. The molecule has 0 radical (unpaired) electrons. The van der Waals surface area contributed by atoms with Crippen molar-refractivity contribution in [2.45, 2.75) is 44.4 Å². The third-order valence-corrected chi connectivity index (χ3v) is 9.90. The highest BCUT2D eigenvalue weighted by molar-refractivity contribution is 7.92. The highest BCUT2D eigenvalue weighted by Gasteiger charge is 2.44. The number of halogens is 2. The van der Waals surface area contributed by atoms with Crippen LogP contribution in [0.3, 0.4) is 0 Å². The normalized spacial score (nSPS) is 19.9. The highest BCUT2D eigenvalue weighted by atomic mass is 32.2. The van der Waals surface area contributed by atoms with Gasteiger partial charge in [-0.3, -0.25) is 9.52 Å². The van der Waals surface area contributed by atoms with E-state index < -0.39 is 28.3 Å². The van der Waals surface area contributed by atoms with Gasteiger partial charge >= 0.3 is 0 Å². The number of nitrogens with one attached hydrogen (secondary N) is 2. The molecule has 1 amide bonds. The number of anilines is 4. The molecule has 0 bridgehead atoms. The Balaban J connectivity index is 1.29. The molecule has 41 heavy (non-hydrogen) atoms. The lowest BCUT2D eigenvalue weighted by molar-refractivity contribution is -0.0220. The fourth-order valence-corrected chi connectivity index (χ4v) is 6.74. The Labute approximate surface area is 237 Å². The number of aliphatic hydroxyl groups is 1. The van der Waals surface area contributed by atoms with E-state index in [1.165, 1.54) is 19.1 Å². The zero-order valence-corrected chi connectivity index (χ0v) is 23.5. The quantitative estimate of drug-likeness (QED) is 0.338. The molecule has 2 aliphatic heterocycles. The molecule has 0 atom stereocenters. The van der Waals surface area contributed by atoms with Crippen LogP contribution in [0.25, 0.3) is 11.0 Å². The first-order valence-corrected chi connectivity index (χ1v) is 15.7. The molecule has 0 unspecified atom stereocenters. The topological polar surface area (TPSA) is 115 Å². The van der Waals surface area contributed by atoms with E-state index >= 15 is 0 Å². The summed E-state index contributed by atoms with van der Waals surface area (Å²) in [6.07, 6.45) is 5.54. The van der Waals surface area contributed by atoms with Gasteiger partial charge in [-0.25, -0.2) is 17.2 Å². The minimum atomic E-state index is -3.72. The van der Waals surface area contributed by atoms with Gasteiger partial charge in [0.2, 0.25) is 10.0 Å². The minimum Gasteiger partial charge on any atom is -0.462 e. The van der Waals surface area contributed by atoms with Crippen LogP contribution in [0.2, 0.25) is 0 Å². The zero-order valence-electron chi connectivity index (χ0n) is 22.7. The standard InChI is InChI=1S/C29H34F2N4O5S/c30-29(31)8-12-35(13-9-29)25-18-21(17-20-3-15-40-26(20)25)27(37)32-23-2-1-22(33-41(38,39)16-14-36)19-24(23)34-10-6-28(4-5-28)7-11-34/h1-3,15,17-19,33,36H,4-14,16H2,(H,32,37). The van der Waals surface area contributed by atoms with Crippen molar-refractivity contribution in [2.24, 2.45) is 5.41 Å². The molecule has 3 aliphatic rings. The number of fused-ring (bicyclic) bond motifs is 1. The number of sulfonamides is 1. The molecule has 3 heterocycles. The van der Waals surface area contributed by atoms with Crippen molar-refractivity contribution in [1.82, 2.24) is 0 Å². The van der Waals surface area contributed by atoms with E-state index in [0.717, 1.165) is 25.9 Å². The number of piperidine rings is 2. The van der Waals surface area contributed by atoms with Gasteiger partial charge in [0.05, 0.1) is 41.4 Å². The summed E-state index contributed by atoms with van der Waals surface area (Å²) in [5.41, 5.74) is 3.54. The van der Waals surface area contributed by atoms with Gasteiger partial charge in [-0.15, -0.1) is 0 Å². The predicted octanol–water partition coefficient (Wildman–Crippen LogP) is 5.04. The molecule has 2 saturated heterocycles. The van der Waals surface area contributed by atoms with Crippen LogP contribution < -0.4 is 19.8 Å². The Morgan fingerprint density at radius 1 is 0.927 bits per heavy atom. The maximum Gasteiger partial charge on any atom is 0.255 e. The predicted molar refractivity (Wildman–Crippen MR) is 155 cm³/mol. The van der Waals surface area contributed by atoms with E-state index in [4.69, 9.17) is 9.52 Å². The summed E-state index contributed by atoms with van der Waals surface area (Å²) in [5, 5.41) is 12.8. The van der Waals surface area contributed by atoms with Gasteiger partial charge in [0, 0.05) is 50.0 Å². The molecule has 3 aromatic rings. The van der Waals surface area contributed by atoms with Crippen LogP contribution in [0.4, 0.5) is 31.5 Å². The summed E-state index contributed by atoms with van der Waals surface area (Å²) in [6.45, 7) is 1.40. The highest BCUT2D eigenvalue weighted by Crippen LogP contribution is 2.54. The summed E-state index contributed by atoms with van der Waals surface area (Å²) in [4.78, 5) is 17.6. The summed E-state index contributed by atoms with van der Waals surface area (Å²) in [5.74, 6) is -3.49. The number of aliphatic hydroxyl groups excluding tert-OH is 1. The SMILES string of the molecule is O=C(Nc1ccc(NS(=O)(=O)CCO)cc1N1CCC2(CC1)CC2)c1cc(N2CCC(F)(F)CC2)c2occc2c1. The first-order chi connectivity index (χ1) is 19.6. The molecule has 12 heteroatoms. The van der Waals surface area contributed by atoms with E-state index in [1.807, 2.05) is 4.90 Å².